The number of ether oxygens (including phenoxy) is 11. The van der Waals surface area contributed by atoms with Crippen LogP contribution in [0.2, 0.25) is 0 Å². The minimum Gasteiger partial charge on any atom is -0.374 e. The molecule has 390 valence electrons. The third kappa shape index (κ3) is 15.0. The van der Waals surface area contributed by atoms with Gasteiger partial charge in [0, 0.05) is 7.11 Å². The minimum atomic E-state index is -1.68. The first-order valence-corrected chi connectivity index (χ1v) is 25.8. The first-order chi connectivity index (χ1) is 37.1. The Balaban J connectivity index is 1.09. The van der Waals surface area contributed by atoms with E-state index in [1.807, 2.05) is 212 Å². The highest BCUT2D eigenvalue weighted by molar-refractivity contribution is 5.20. The van der Waals surface area contributed by atoms with E-state index >= 15 is 0 Å². The SMILES string of the molecule is C=C[C@]1(OC[C@H]2O[C@H](OC)[C@H](OCc3ccccc3)[C@@H](OCc3ccccc3)[C@@H]2OCc2ccccc2)O[C@H](COCc2ccccc2)[C@@H](OCc2ccccc2)[C@H](OCc2ccccc2)[C@@H]1OCc1ccccc1. The van der Waals surface area contributed by atoms with Crippen molar-refractivity contribution in [2.24, 2.45) is 0 Å². The number of rotatable bonds is 27. The second-order valence-electron chi connectivity index (χ2n) is 18.7. The van der Waals surface area contributed by atoms with Crippen LogP contribution in [0, 0.1) is 0 Å². The highest BCUT2D eigenvalue weighted by Crippen LogP contribution is 2.40. The van der Waals surface area contributed by atoms with Crippen LogP contribution in [0.5, 0.6) is 0 Å². The van der Waals surface area contributed by atoms with Crippen molar-refractivity contribution in [3.8, 4) is 0 Å². The summed E-state index contributed by atoms with van der Waals surface area (Å²) in [6.45, 7) is 6.31. The molecule has 9 rings (SSSR count). The van der Waals surface area contributed by atoms with Crippen LogP contribution in [-0.2, 0) is 98.4 Å². The van der Waals surface area contributed by atoms with Crippen molar-refractivity contribution < 1.29 is 52.1 Å². The summed E-state index contributed by atoms with van der Waals surface area (Å²) in [6.07, 6.45) is -5.46. The van der Waals surface area contributed by atoms with E-state index in [0.717, 1.165) is 38.9 Å². The summed E-state index contributed by atoms with van der Waals surface area (Å²) < 4.78 is 76.1. The molecule has 2 fully saturated rings. The fraction of sp³-hybridized carbons (Fsp3) is 0.312. The molecule has 11 nitrogen and oxygen atoms in total. The van der Waals surface area contributed by atoms with E-state index in [4.69, 9.17) is 52.1 Å². The maximum absolute atomic E-state index is 7.32. The van der Waals surface area contributed by atoms with Crippen molar-refractivity contribution in [2.75, 3.05) is 20.3 Å². The Morgan fingerprint density at radius 3 is 1.11 bits per heavy atom. The van der Waals surface area contributed by atoms with Gasteiger partial charge in [0.05, 0.1) is 59.5 Å². The van der Waals surface area contributed by atoms with Crippen LogP contribution >= 0.6 is 0 Å². The average Bonchev–Trinajstić information content (AvgIpc) is 3.47. The number of hydrogen-bond acceptors (Lipinski definition) is 11. The molecule has 0 saturated carbocycles. The normalized spacial score (nSPS) is 24.6. The van der Waals surface area contributed by atoms with Crippen molar-refractivity contribution in [2.45, 2.75) is 107 Å². The zero-order valence-electron chi connectivity index (χ0n) is 42.5. The van der Waals surface area contributed by atoms with E-state index in [-0.39, 0.29) is 52.9 Å². The van der Waals surface area contributed by atoms with Crippen molar-refractivity contribution >= 4 is 0 Å². The molecule has 2 saturated heterocycles. The molecule has 2 heterocycles. The molecule has 0 aliphatic carbocycles. The lowest BCUT2D eigenvalue weighted by atomic mass is 9.91. The van der Waals surface area contributed by atoms with E-state index in [0.29, 0.717) is 6.61 Å². The number of methoxy groups -OCH3 is 1. The highest BCUT2D eigenvalue weighted by Gasteiger charge is 2.58. The Morgan fingerprint density at radius 2 is 0.720 bits per heavy atom. The summed E-state index contributed by atoms with van der Waals surface area (Å²) in [6, 6.07) is 70.2. The molecule has 75 heavy (non-hydrogen) atoms. The fourth-order valence-electron chi connectivity index (χ4n) is 9.49. The van der Waals surface area contributed by atoms with E-state index in [2.05, 4.69) is 6.58 Å². The van der Waals surface area contributed by atoms with Gasteiger partial charge in [-0.15, -0.1) is 0 Å². The maximum atomic E-state index is 7.32. The molecule has 0 spiro atoms. The fourth-order valence-corrected chi connectivity index (χ4v) is 9.49. The second-order valence-corrected chi connectivity index (χ2v) is 18.7. The van der Waals surface area contributed by atoms with Gasteiger partial charge in [-0.2, -0.15) is 0 Å². The summed E-state index contributed by atoms with van der Waals surface area (Å²) in [5.41, 5.74) is 6.87. The summed E-state index contributed by atoms with van der Waals surface area (Å²) in [5.74, 6) is -1.68. The van der Waals surface area contributed by atoms with Crippen LogP contribution in [0.15, 0.2) is 225 Å². The van der Waals surface area contributed by atoms with Gasteiger partial charge in [-0.25, -0.2) is 0 Å². The van der Waals surface area contributed by atoms with Gasteiger partial charge < -0.3 is 52.1 Å². The van der Waals surface area contributed by atoms with E-state index < -0.39 is 60.9 Å². The lowest BCUT2D eigenvalue weighted by Crippen LogP contribution is -2.68. The average molecular weight is 1010 g/mol. The molecule has 0 radical (unpaired) electrons. The van der Waals surface area contributed by atoms with E-state index in [1.54, 1.807) is 13.2 Å². The number of benzene rings is 7. The van der Waals surface area contributed by atoms with Crippen LogP contribution in [0.1, 0.15) is 38.9 Å². The first-order valence-electron chi connectivity index (χ1n) is 25.8. The molecular weight excluding hydrogens is 945 g/mol. The predicted molar refractivity (Wildman–Crippen MR) is 286 cm³/mol. The van der Waals surface area contributed by atoms with Crippen molar-refractivity contribution in [3.63, 3.8) is 0 Å². The minimum absolute atomic E-state index is 0.0916. The molecule has 0 N–H and O–H groups in total. The lowest BCUT2D eigenvalue weighted by Gasteiger charge is -2.52. The maximum Gasteiger partial charge on any atom is 0.217 e. The molecule has 2 aliphatic rings. The second kappa shape index (κ2) is 28.1. The van der Waals surface area contributed by atoms with Crippen LogP contribution in [0.25, 0.3) is 0 Å². The monoisotopic (exact) mass is 1010 g/mol. The molecule has 10 atom stereocenters. The zero-order chi connectivity index (χ0) is 51.3. The Bertz CT molecular complexity index is 2670. The summed E-state index contributed by atoms with van der Waals surface area (Å²) >= 11 is 0. The summed E-state index contributed by atoms with van der Waals surface area (Å²) in [7, 11) is 1.61. The molecule has 2 aliphatic heterocycles. The molecular formula is C64H68O11. The van der Waals surface area contributed by atoms with Crippen molar-refractivity contribution in [1.82, 2.24) is 0 Å². The van der Waals surface area contributed by atoms with Gasteiger partial charge in [0.1, 0.15) is 48.8 Å². The van der Waals surface area contributed by atoms with Crippen LogP contribution < -0.4 is 0 Å². The van der Waals surface area contributed by atoms with Gasteiger partial charge in [-0.05, 0) is 45.0 Å². The van der Waals surface area contributed by atoms with Gasteiger partial charge in [-0.3, -0.25) is 0 Å². The topological polar surface area (TPSA) is 102 Å². The lowest BCUT2D eigenvalue weighted by molar-refractivity contribution is -0.377. The summed E-state index contributed by atoms with van der Waals surface area (Å²) in [5, 5.41) is 0. The quantitative estimate of drug-likeness (QED) is 0.0460. The van der Waals surface area contributed by atoms with E-state index in [9.17, 15) is 0 Å². The molecule has 0 bridgehead atoms. The molecule has 0 amide bonds. The number of hydrogen-bond donors (Lipinski definition) is 0. The third-order valence-corrected chi connectivity index (χ3v) is 13.4. The van der Waals surface area contributed by atoms with Crippen molar-refractivity contribution in [1.29, 1.82) is 0 Å². The smallest absolute Gasteiger partial charge is 0.217 e. The first kappa shape index (κ1) is 53.7. The molecule has 0 aromatic heterocycles. The molecule has 11 heteroatoms. The standard InChI is InChI=1S/C64H68O11/c1-3-64(73-47-55-57(67-40-49-27-13-5-14-28-49)59(69-42-51-31-17-7-18-32-51)61(63(65-2)74-55)71-44-53-35-21-9-22-36-53)62(72-45-54-37-23-10-24-38-54)60(70-43-52-33-19-8-20-34-52)58(68-41-50-29-15-6-16-30-50)56(75-64)46-66-39-48-25-11-4-12-26-48/h3-38,55-63H,1,39-47H2,2H3/t55-,56-,57-,58-,59+,60+,61-,62+,63+,64+/m1/s1. The van der Waals surface area contributed by atoms with E-state index in [1.165, 1.54) is 0 Å². The Morgan fingerprint density at radius 1 is 0.387 bits per heavy atom. The van der Waals surface area contributed by atoms with Gasteiger partial charge >= 0.3 is 0 Å². The van der Waals surface area contributed by atoms with Gasteiger partial charge in [0.15, 0.2) is 6.29 Å². The van der Waals surface area contributed by atoms with Crippen LogP contribution in [-0.4, -0.2) is 81.2 Å². The molecule has 7 aromatic rings. The third-order valence-electron chi connectivity index (χ3n) is 13.4. The van der Waals surface area contributed by atoms with Crippen molar-refractivity contribution in [3.05, 3.63) is 264 Å². The molecule has 7 aromatic carbocycles. The predicted octanol–water partition coefficient (Wildman–Crippen LogP) is 11.4. The summed E-state index contributed by atoms with van der Waals surface area (Å²) in [4.78, 5) is 0. The highest BCUT2D eigenvalue weighted by atomic mass is 16.8. The van der Waals surface area contributed by atoms with Gasteiger partial charge in [0.2, 0.25) is 5.79 Å². The van der Waals surface area contributed by atoms with Crippen LogP contribution in [0.4, 0.5) is 0 Å². The molecule has 0 unspecified atom stereocenters. The van der Waals surface area contributed by atoms with Crippen LogP contribution in [0.3, 0.4) is 0 Å². The zero-order valence-corrected chi connectivity index (χ0v) is 42.5. The Labute approximate surface area is 441 Å². The largest absolute Gasteiger partial charge is 0.374 e. The van der Waals surface area contributed by atoms with Gasteiger partial charge in [-0.1, -0.05) is 219 Å². The Kier molecular flexibility index (Phi) is 20.1. The Hall–Kier alpha value is -6.16. The van der Waals surface area contributed by atoms with Gasteiger partial charge in [0.25, 0.3) is 0 Å².